The maximum absolute atomic E-state index is 10.2. The van der Waals surface area contributed by atoms with Gasteiger partial charge < -0.3 is 19.3 Å². The summed E-state index contributed by atoms with van der Waals surface area (Å²) in [5.74, 6) is 2.16. The zero-order valence-electron chi connectivity index (χ0n) is 12.4. The summed E-state index contributed by atoms with van der Waals surface area (Å²) in [6.07, 6.45) is 5.44. The van der Waals surface area contributed by atoms with Gasteiger partial charge in [0.05, 0.1) is 19.8 Å². The van der Waals surface area contributed by atoms with Crippen LogP contribution < -0.4 is 9.47 Å². The Balaban J connectivity index is 1.54. The number of ether oxygens (including phenoxy) is 3. The summed E-state index contributed by atoms with van der Waals surface area (Å²) in [4.78, 5) is 0. The fourth-order valence-electron chi connectivity index (χ4n) is 3.01. The summed E-state index contributed by atoms with van der Waals surface area (Å²) in [7, 11) is 0. The number of hydrogen-bond acceptors (Lipinski definition) is 4. The number of rotatable bonds is 5. The molecule has 1 unspecified atom stereocenters. The second kappa shape index (κ2) is 7.14. The zero-order valence-corrected chi connectivity index (χ0v) is 12.4. The normalized spacial score (nSPS) is 20.2. The molecule has 21 heavy (non-hydrogen) atoms. The summed E-state index contributed by atoms with van der Waals surface area (Å²) in [5, 5.41) is 10.2. The highest BCUT2D eigenvalue weighted by atomic mass is 16.5. The second-order valence-corrected chi connectivity index (χ2v) is 5.96. The summed E-state index contributed by atoms with van der Waals surface area (Å²) in [6.45, 7) is 2.45. The van der Waals surface area contributed by atoms with Gasteiger partial charge in [0.2, 0.25) is 0 Å². The van der Waals surface area contributed by atoms with Crippen molar-refractivity contribution < 1.29 is 19.3 Å². The third kappa shape index (κ3) is 3.89. The van der Waals surface area contributed by atoms with E-state index in [9.17, 15) is 5.11 Å². The van der Waals surface area contributed by atoms with Gasteiger partial charge >= 0.3 is 0 Å². The molecule has 4 heteroatoms. The molecule has 0 aromatic heterocycles. The van der Waals surface area contributed by atoms with Crippen LogP contribution in [0.1, 0.15) is 43.8 Å². The fraction of sp³-hybridized carbons (Fsp3) is 0.647. The predicted octanol–water partition coefficient (Wildman–Crippen LogP) is 3.09. The predicted molar refractivity (Wildman–Crippen MR) is 79.8 cm³/mol. The summed E-state index contributed by atoms with van der Waals surface area (Å²) < 4.78 is 16.9. The molecule has 1 N–H and O–H groups in total. The van der Waals surface area contributed by atoms with Gasteiger partial charge in [0.15, 0.2) is 11.5 Å². The molecule has 1 aromatic rings. The Hall–Kier alpha value is -1.26. The van der Waals surface area contributed by atoms with Crippen LogP contribution in [-0.2, 0) is 4.74 Å². The number of benzene rings is 1. The van der Waals surface area contributed by atoms with E-state index in [1.165, 1.54) is 25.7 Å². The molecule has 1 heterocycles. The van der Waals surface area contributed by atoms with E-state index >= 15 is 0 Å². The van der Waals surface area contributed by atoms with Gasteiger partial charge in [-0.25, -0.2) is 0 Å². The Labute approximate surface area is 126 Å². The third-order valence-corrected chi connectivity index (χ3v) is 4.26. The van der Waals surface area contributed by atoms with Crippen molar-refractivity contribution in [1.82, 2.24) is 0 Å². The van der Waals surface area contributed by atoms with E-state index < -0.39 is 6.10 Å². The van der Waals surface area contributed by atoms with E-state index in [1.807, 2.05) is 18.2 Å². The second-order valence-electron chi connectivity index (χ2n) is 5.96. The smallest absolute Gasteiger partial charge is 0.161 e. The Morgan fingerprint density at radius 2 is 1.86 bits per heavy atom. The molecular weight excluding hydrogens is 268 g/mol. The number of aliphatic hydroxyl groups is 1. The minimum absolute atomic E-state index is 0.343. The van der Waals surface area contributed by atoms with Crippen LogP contribution >= 0.6 is 0 Å². The van der Waals surface area contributed by atoms with Crippen molar-refractivity contribution >= 4 is 0 Å². The molecule has 116 valence electrons. The highest BCUT2D eigenvalue weighted by molar-refractivity contribution is 5.44. The summed E-state index contributed by atoms with van der Waals surface area (Å²) in [6, 6.07) is 5.62. The SMILES string of the molecule is OC(COCC1CCCC1)c1ccc2c(c1)OCCCO2. The monoisotopic (exact) mass is 292 g/mol. The van der Waals surface area contributed by atoms with E-state index in [2.05, 4.69) is 0 Å². The molecule has 1 aromatic carbocycles. The highest BCUT2D eigenvalue weighted by Gasteiger charge is 2.17. The van der Waals surface area contributed by atoms with Crippen LogP contribution in [0.3, 0.4) is 0 Å². The summed E-state index contributed by atoms with van der Waals surface area (Å²) in [5.41, 5.74) is 0.825. The molecule has 3 rings (SSSR count). The highest BCUT2D eigenvalue weighted by Crippen LogP contribution is 2.32. The van der Waals surface area contributed by atoms with Gasteiger partial charge in [-0.1, -0.05) is 18.9 Å². The van der Waals surface area contributed by atoms with Gasteiger partial charge in [-0.3, -0.25) is 0 Å². The van der Waals surface area contributed by atoms with Gasteiger partial charge in [0, 0.05) is 13.0 Å². The van der Waals surface area contributed by atoms with E-state index in [0.717, 1.165) is 30.1 Å². The third-order valence-electron chi connectivity index (χ3n) is 4.26. The first-order chi connectivity index (χ1) is 10.3. The fourth-order valence-corrected chi connectivity index (χ4v) is 3.01. The molecule has 0 saturated heterocycles. The van der Waals surface area contributed by atoms with E-state index in [0.29, 0.717) is 25.7 Å². The first kappa shape index (κ1) is 14.7. The topological polar surface area (TPSA) is 47.9 Å². The van der Waals surface area contributed by atoms with Crippen molar-refractivity contribution in [3.8, 4) is 11.5 Å². The zero-order chi connectivity index (χ0) is 14.5. The molecule has 0 bridgehead atoms. The minimum atomic E-state index is -0.608. The Morgan fingerprint density at radius 1 is 1.10 bits per heavy atom. The lowest BCUT2D eigenvalue weighted by molar-refractivity contribution is 0.0211. The van der Waals surface area contributed by atoms with E-state index in [1.54, 1.807) is 0 Å². The van der Waals surface area contributed by atoms with E-state index in [-0.39, 0.29) is 0 Å². The van der Waals surface area contributed by atoms with Gasteiger partial charge in [-0.2, -0.15) is 0 Å². The maximum atomic E-state index is 10.2. The molecule has 2 aliphatic rings. The van der Waals surface area contributed by atoms with Crippen LogP contribution in [0, 0.1) is 5.92 Å². The molecule has 1 fully saturated rings. The lowest BCUT2D eigenvalue weighted by Crippen LogP contribution is -2.12. The molecule has 1 aliphatic heterocycles. The first-order valence-electron chi connectivity index (χ1n) is 7.98. The van der Waals surface area contributed by atoms with Gasteiger partial charge in [-0.15, -0.1) is 0 Å². The van der Waals surface area contributed by atoms with Crippen molar-refractivity contribution in [3.63, 3.8) is 0 Å². The molecule has 1 aliphatic carbocycles. The molecule has 1 atom stereocenters. The molecular formula is C17H24O4. The van der Waals surface area contributed by atoms with E-state index in [4.69, 9.17) is 14.2 Å². The van der Waals surface area contributed by atoms with Gasteiger partial charge in [0.1, 0.15) is 6.10 Å². The van der Waals surface area contributed by atoms with Crippen LogP contribution in [0.25, 0.3) is 0 Å². The largest absolute Gasteiger partial charge is 0.490 e. The van der Waals surface area contributed by atoms with Crippen LogP contribution in [0.15, 0.2) is 18.2 Å². The van der Waals surface area contributed by atoms with Crippen molar-refractivity contribution in [1.29, 1.82) is 0 Å². The first-order valence-corrected chi connectivity index (χ1v) is 7.98. The van der Waals surface area contributed by atoms with Crippen molar-refractivity contribution in [2.75, 3.05) is 26.4 Å². The quantitative estimate of drug-likeness (QED) is 0.906. The summed E-state index contributed by atoms with van der Waals surface area (Å²) >= 11 is 0. The lowest BCUT2D eigenvalue weighted by atomic mass is 10.1. The Kier molecular flexibility index (Phi) is 4.99. The molecule has 0 radical (unpaired) electrons. The van der Waals surface area contributed by atoms with Gasteiger partial charge in [-0.05, 0) is 36.5 Å². The Bertz CT molecular complexity index is 454. The van der Waals surface area contributed by atoms with Crippen LogP contribution in [0.5, 0.6) is 11.5 Å². The van der Waals surface area contributed by atoms with Crippen molar-refractivity contribution in [2.24, 2.45) is 5.92 Å². The standard InChI is InChI=1S/C17H24O4/c18-15(12-19-11-13-4-1-2-5-13)14-6-7-16-17(10-14)21-9-3-8-20-16/h6-7,10,13,15,18H,1-5,8-9,11-12H2. The van der Waals surface area contributed by atoms with Crippen molar-refractivity contribution in [2.45, 2.75) is 38.2 Å². The molecule has 1 saturated carbocycles. The number of aliphatic hydroxyl groups excluding tert-OH is 1. The lowest BCUT2D eigenvalue weighted by Gasteiger charge is -2.16. The Morgan fingerprint density at radius 3 is 2.67 bits per heavy atom. The van der Waals surface area contributed by atoms with Crippen LogP contribution in [-0.4, -0.2) is 31.5 Å². The average Bonchev–Trinajstić information content (AvgIpc) is 2.90. The van der Waals surface area contributed by atoms with Crippen molar-refractivity contribution in [3.05, 3.63) is 23.8 Å². The average molecular weight is 292 g/mol. The number of hydrogen-bond donors (Lipinski definition) is 1. The molecule has 4 nitrogen and oxygen atoms in total. The van der Waals surface area contributed by atoms with Crippen LogP contribution in [0.2, 0.25) is 0 Å². The molecule has 0 amide bonds. The maximum Gasteiger partial charge on any atom is 0.161 e. The van der Waals surface area contributed by atoms with Crippen LogP contribution in [0.4, 0.5) is 0 Å². The van der Waals surface area contributed by atoms with Gasteiger partial charge in [0.25, 0.3) is 0 Å². The minimum Gasteiger partial charge on any atom is -0.490 e. The number of fused-ring (bicyclic) bond motifs is 1. The molecule has 0 spiro atoms.